The second-order valence-electron chi connectivity index (χ2n) is 6.83. The molecule has 0 spiro atoms. The third kappa shape index (κ3) is 2.44. The Labute approximate surface area is 130 Å². The van der Waals surface area contributed by atoms with Gasteiger partial charge in [0.15, 0.2) is 7.83 Å². The highest BCUT2D eigenvalue weighted by Gasteiger charge is 2.66. The Morgan fingerprint density at radius 2 is 1.25 bits per heavy atom. The van der Waals surface area contributed by atoms with E-state index >= 15 is 0 Å². The minimum atomic E-state index is -1.47. The highest BCUT2D eigenvalue weighted by atomic mass is 29.6. The van der Waals surface area contributed by atoms with Crippen molar-refractivity contribution in [3.05, 3.63) is 0 Å². The Bertz CT molecular complexity index is 270. The van der Waals surface area contributed by atoms with Gasteiger partial charge in [-0.3, -0.25) is 0 Å². The van der Waals surface area contributed by atoms with Crippen LogP contribution >= 0.6 is 0 Å². The molecular formula is C16H38OSi3. The van der Waals surface area contributed by atoms with E-state index in [0.717, 1.165) is 0 Å². The van der Waals surface area contributed by atoms with Crippen LogP contribution in [0.2, 0.25) is 42.3 Å². The van der Waals surface area contributed by atoms with Crippen LogP contribution in [0.25, 0.3) is 0 Å². The lowest BCUT2D eigenvalue weighted by atomic mass is 10.3. The van der Waals surface area contributed by atoms with E-state index < -0.39 is 22.5 Å². The van der Waals surface area contributed by atoms with Crippen molar-refractivity contribution in [2.24, 2.45) is 0 Å². The van der Waals surface area contributed by atoms with Gasteiger partial charge in [-0.2, -0.15) is 0 Å². The lowest BCUT2D eigenvalue weighted by Crippen LogP contribution is -2.81. The highest BCUT2D eigenvalue weighted by Crippen LogP contribution is 2.50. The second-order valence-corrected chi connectivity index (χ2v) is 31.6. The summed E-state index contributed by atoms with van der Waals surface area (Å²) in [6, 6.07) is 10.4. The number of hydrogen-bond donors (Lipinski definition) is 0. The summed E-state index contributed by atoms with van der Waals surface area (Å²) < 4.78 is 7.01. The molecule has 0 aromatic rings. The molecule has 1 rings (SSSR count). The van der Waals surface area contributed by atoms with E-state index in [2.05, 4.69) is 48.5 Å². The Balaban J connectivity index is 3.46. The predicted octanol–water partition coefficient (Wildman–Crippen LogP) is 5.91. The van der Waals surface area contributed by atoms with E-state index in [1.54, 1.807) is 0 Å². The molecule has 1 nitrogen and oxygen atoms in total. The normalized spacial score (nSPS) is 27.4. The molecule has 0 N–H and O–H groups in total. The van der Waals surface area contributed by atoms with Crippen molar-refractivity contribution in [2.45, 2.75) is 103 Å². The van der Waals surface area contributed by atoms with Crippen LogP contribution in [0.5, 0.6) is 0 Å². The summed E-state index contributed by atoms with van der Waals surface area (Å²) in [7, 11) is -3.76. The fourth-order valence-electron chi connectivity index (χ4n) is 5.77. The molecule has 0 amide bonds. The van der Waals surface area contributed by atoms with Crippen molar-refractivity contribution in [1.82, 2.24) is 0 Å². The molecule has 0 saturated carbocycles. The zero-order valence-corrected chi connectivity index (χ0v) is 18.1. The van der Waals surface area contributed by atoms with Crippen molar-refractivity contribution in [3.8, 4) is 0 Å². The van der Waals surface area contributed by atoms with Crippen LogP contribution in [-0.4, -0.2) is 28.6 Å². The summed E-state index contributed by atoms with van der Waals surface area (Å²) in [6.07, 6.45) is 1.87. The third-order valence-corrected chi connectivity index (χ3v) is 49.9. The van der Waals surface area contributed by atoms with Crippen LogP contribution in [0.3, 0.4) is 0 Å². The van der Waals surface area contributed by atoms with E-state index in [1.807, 2.05) is 0 Å². The summed E-state index contributed by atoms with van der Waals surface area (Å²) in [5, 5.41) is 0. The average Bonchev–Trinajstić information content (AvgIpc) is 2.52. The highest BCUT2D eigenvalue weighted by molar-refractivity contribution is 7.69. The molecular weight excluding hydrogens is 292 g/mol. The van der Waals surface area contributed by atoms with Gasteiger partial charge in [-0.25, -0.2) is 0 Å². The second kappa shape index (κ2) is 7.25. The van der Waals surface area contributed by atoms with Gasteiger partial charge in [0.25, 0.3) is 0 Å². The fraction of sp³-hybridized carbons (Fsp3) is 1.00. The standard InChI is InChI=1S/C16H38OSi3/c1-8-16-15-18(9-2,10-3)20(13-6,14-7)19(11-4,12-5)17-16/h16H,8-15H2,1-7H3. The van der Waals surface area contributed by atoms with Gasteiger partial charge in [0.05, 0.1) is 14.7 Å². The summed E-state index contributed by atoms with van der Waals surface area (Å²) >= 11 is 0. The first kappa shape index (κ1) is 18.7. The zero-order chi connectivity index (χ0) is 15.4. The van der Waals surface area contributed by atoms with Gasteiger partial charge >= 0.3 is 0 Å². The molecule has 1 unspecified atom stereocenters. The van der Waals surface area contributed by atoms with Crippen molar-refractivity contribution in [3.63, 3.8) is 0 Å². The molecule has 0 aromatic carbocycles. The van der Waals surface area contributed by atoms with E-state index in [-0.39, 0.29) is 0 Å². The van der Waals surface area contributed by atoms with Gasteiger partial charge in [0.2, 0.25) is 0 Å². The maximum Gasteiger partial charge on any atom is 0.177 e. The fourth-order valence-corrected chi connectivity index (χ4v) is 56.5. The number of rotatable bonds is 7. The molecule has 4 heteroatoms. The minimum absolute atomic E-state index is 0.617. The van der Waals surface area contributed by atoms with Crippen molar-refractivity contribution < 1.29 is 4.43 Å². The molecule has 1 aliphatic rings. The van der Waals surface area contributed by atoms with Gasteiger partial charge in [-0.05, 0) is 24.6 Å². The Hall–Kier alpha value is 0.611. The first-order valence-electron chi connectivity index (χ1n) is 9.18. The van der Waals surface area contributed by atoms with E-state index in [4.69, 9.17) is 4.43 Å². The number of hydrogen-bond acceptors (Lipinski definition) is 1. The largest absolute Gasteiger partial charge is 0.417 e. The molecule has 1 fully saturated rings. The van der Waals surface area contributed by atoms with Gasteiger partial charge in [0, 0.05) is 6.10 Å². The van der Waals surface area contributed by atoms with Gasteiger partial charge < -0.3 is 4.43 Å². The molecule has 20 heavy (non-hydrogen) atoms. The molecule has 0 aliphatic carbocycles. The maximum atomic E-state index is 7.01. The van der Waals surface area contributed by atoms with Crippen LogP contribution in [0.4, 0.5) is 0 Å². The molecule has 120 valence electrons. The monoisotopic (exact) mass is 330 g/mol. The van der Waals surface area contributed by atoms with Crippen molar-refractivity contribution >= 4 is 22.5 Å². The summed E-state index contributed by atoms with van der Waals surface area (Å²) in [5.41, 5.74) is 0. The lowest BCUT2D eigenvalue weighted by Gasteiger charge is -2.62. The van der Waals surface area contributed by atoms with Gasteiger partial charge in [-0.15, -0.1) is 0 Å². The molecule has 1 aliphatic heterocycles. The Morgan fingerprint density at radius 1 is 0.750 bits per heavy atom. The van der Waals surface area contributed by atoms with Crippen molar-refractivity contribution in [1.29, 1.82) is 0 Å². The molecule has 0 bridgehead atoms. The summed E-state index contributed by atoms with van der Waals surface area (Å²) in [6.45, 7) is 17.4. The topological polar surface area (TPSA) is 9.23 Å². The Morgan fingerprint density at radius 3 is 1.55 bits per heavy atom. The quantitative estimate of drug-likeness (QED) is 0.527. The molecule has 1 atom stereocenters. The smallest absolute Gasteiger partial charge is 0.177 e. The van der Waals surface area contributed by atoms with Crippen LogP contribution in [0.1, 0.15) is 54.9 Å². The van der Waals surface area contributed by atoms with Gasteiger partial charge in [0.1, 0.15) is 0 Å². The van der Waals surface area contributed by atoms with E-state index in [1.165, 1.54) is 48.7 Å². The first-order chi connectivity index (χ1) is 9.50. The Kier molecular flexibility index (Phi) is 6.76. The zero-order valence-electron chi connectivity index (χ0n) is 15.1. The van der Waals surface area contributed by atoms with Gasteiger partial charge in [-0.1, -0.05) is 72.6 Å². The molecule has 1 heterocycles. The summed E-state index contributed by atoms with van der Waals surface area (Å²) in [5.74, 6) is 0. The molecule has 0 radical (unpaired) electrons. The lowest BCUT2D eigenvalue weighted by molar-refractivity contribution is 0.204. The van der Waals surface area contributed by atoms with E-state index in [0.29, 0.717) is 6.10 Å². The van der Waals surface area contributed by atoms with Crippen LogP contribution < -0.4 is 0 Å². The van der Waals surface area contributed by atoms with Crippen LogP contribution in [-0.2, 0) is 4.43 Å². The molecule has 0 aromatic heterocycles. The average molecular weight is 331 g/mol. The van der Waals surface area contributed by atoms with Crippen LogP contribution in [0, 0.1) is 0 Å². The SMILES string of the molecule is CCC1C[Si](CC)(CC)[Si](CC)(CC)[Si](CC)(CC)O1. The third-order valence-electron chi connectivity index (χ3n) is 7.06. The maximum absolute atomic E-state index is 7.01. The van der Waals surface area contributed by atoms with E-state index in [9.17, 15) is 0 Å². The minimum Gasteiger partial charge on any atom is -0.417 e. The van der Waals surface area contributed by atoms with Crippen molar-refractivity contribution in [2.75, 3.05) is 0 Å². The molecule has 1 saturated heterocycles. The van der Waals surface area contributed by atoms with Crippen LogP contribution in [0.15, 0.2) is 0 Å². The summed E-state index contributed by atoms with van der Waals surface area (Å²) in [4.78, 5) is 0. The first-order valence-corrected chi connectivity index (χ1v) is 18.5. The predicted molar refractivity (Wildman–Crippen MR) is 100 cm³/mol.